The number of hydrogen-bond acceptors (Lipinski definition) is 3. The van der Waals surface area contributed by atoms with E-state index in [9.17, 15) is 13.2 Å². The number of hydrogen-bond donors (Lipinski definition) is 1. The van der Waals surface area contributed by atoms with Gasteiger partial charge in [-0.15, -0.1) is 12.4 Å². The van der Waals surface area contributed by atoms with Gasteiger partial charge in [-0.3, -0.25) is 9.88 Å². The number of piperidine rings is 1. The Morgan fingerprint density at radius 3 is 2.38 bits per heavy atom. The van der Waals surface area contributed by atoms with E-state index < -0.39 is 11.7 Å². The Labute approximate surface area is 174 Å². The minimum Gasteiger partial charge on any atom is -0.382 e. The van der Waals surface area contributed by atoms with Crippen molar-refractivity contribution in [2.75, 3.05) is 18.4 Å². The standard InChI is InChI=1S/C22H22F3N3.ClH/c23-22(24,25)19-4-1-16(2-5-19)15-28-11-8-20(9-12-28)27-21-6-3-18-14-26-10-7-17(18)13-21;/h1-7,10,13-14,20,27H,8-9,11-12,15H2;1H. The first kappa shape index (κ1) is 21.4. The lowest BCUT2D eigenvalue weighted by atomic mass is 10.0. The normalized spacial score (nSPS) is 15.8. The van der Waals surface area contributed by atoms with E-state index in [1.165, 1.54) is 17.5 Å². The second-order valence-corrected chi connectivity index (χ2v) is 7.33. The molecule has 29 heavy (non-hydrogen) atoms. The first-order chi connectivity index (χ1) is 13.5. The number of likely N-dealkylation sites (tertiary alicyclic amines) is 1. The fraction of sp³-hybridized carbons (Fsp3) is 0.318. The van der Waals surface area contributed by atoms with Gasteiger partial charge in [-0.05, 0) is 54.1 Å². The summed E-state index contributed by atoms with van der Waals surface area (Å²) in [6.45, 7) is 2.54. The highest BCUT2D eigenvalue weighted by Crippen LogP contribution is 2.29. The molecule has 1 N–H and O–H groups in total. The van der Waals surface area contributed by atoms with Gasteiger partial charge in [0.05, 0.1) is 5.56 Å². The average molecular weight is 422 g/mol. The number of nitrogens with one attached hydrogen (secondary N) is 1. The lowest BCUT2D eigenvalue weighted by Gasteiger charge is -2.33. The summed E-state index contributed by atoms with van der Waals surface area (Å²) in [6, 6.07) is 14.2. The van der Waals surface area contributed by atoms with Crippen LogP contribution in [0.1, 0.15) is 24.0 Å². The highest BCUT2D eigenvalue weighted by atomic mass is 35.5. The third-order valence-electron chi connectivity index (χ3n) is 5.29. The van der Waals surface area contributed by atoms with E-state index in [4.69, 9.17) is 0 Å². The van der Waals surface area contributed by atoms with Crippen LogP contribution in [0.25, 0.3) is 10.8 Å². The SMILES string of the molecule is Cl.FC(F)(F)c1ccc(CN2CCC(Nc3ccc4cnccc4c3)CC2)cc1. The van der Waals surface area contributed by atoms with Crippen LogP contribution in [0.4, 0.5) is 18.9 Å². The molecule has 1 fully saturated rings. The van der Waals surface area contributed by atoms with Crippen LogP contribution in [0.2, 0.25) is 0 Å². The lowest BCUT2D eigenvalue weighted by Crippen LogP contribution is -2.38. The molecule has 2 aromatic carbocycles. The highest BCUT2D eigenvalue weighted by molar-refractivity contribution is 5.85. The average Bonchev–Trinajstić information content (AvgIpc) is 2.69. The molecule has 4 rings (SSSR count). The van der Waals surface area contributed by atoms with Gasteiger partial charge in [-0.1, -0.05) is 18.2 Å². The van der Waals surface area contributed by atoms with E-state index in [2.05, 4.69) is 33.4 Å². The molecule has 2 heterocycles. The molecule has 0 spiro atoms. The fourth-order valence-corrected chi connectivity index (χ4v) is 3.70. The number of anilines is 1. The molecule has 3 aromatic rings. The van der Waals surface area contributed by atoms with Crippen LogP contribution < -0.4 is 5.32 Å². The Hall–Kier alpha value is -2.31. The predicted molar refractivity (Wildman–Crippen MR) is 112 cm³/mol. The van der Waals surface area contributed by atoms with E-state index >= 15 is 0 Å². The van der Waals surface area contributed by atoms with Gasteiger partial charge in [-0.2, -0.15) is 13.2 Å². The number of halogens is 4. The molecular weight excluding hydrogens is 399 g/mol. The summed E-state index contributed by atoms with van der Waals surface area (Å²) < 4.78 is 38.0. The molecule has 0 radical (unpaired) electrons. The maximum Gasteiger partial charge on any atom is 0.416 e. The van der Waals surface area contributed by atoms with E-state index in [-0.39, 0.29) is 12.4 Å². The van der Waals surface area contributed by atoms with Crippen molar-refractivity contribution >= 4 is 28.9 Å². The van der Waals surface area contributed by atoms with Gasteiger partial charge in [0, 0.05) is 49.1 Å². The van der Waals surface area contributed by atoms with E-state index in [1.54, 1.807) is 18.3 Å². The molecule has 1 aromatic heterocycles. The summed E-state index contributed by atoms with van der Waals surface area (Å²) in [5.41, 5.74) is 1.44. The predicted octanol–water partition coefficient (Wildman–Crippen LogP) is 5.75. The van der Waals surface area contributed by atoms with Crippen molar-refractivity contribution in [3.05, 3.63) is 72.1 Å². The van der Waals surface area contributed by atoms with Crippen molar-refractivity contribution in [3.63, 3.8) is 0 Å². The van der Waals surface area contributed by atoms with Gasteiger partial charge in [0.2, 0.25) is 0 Å². The third kappa shape index (κ3) is 5.40. The quantitative estimate of drug-likeness (QED) is 0.581. The van der Waals surface area contributed by atoms with Gasteiger partial charge in [0.15, 0.2) is 0 Å². The lowest BCUT2D eigenvalue weighted by molar-refractivity contribution is -0.137. The molecule has 0 unspecified atom stereocenters. The minimum atomic E-state index is -4.28. The molecule has 0 aliphatic carbocycles. The van der Waals surface area contributed by atoms with Crippen LogP contribution in [-0.4, -0.2) is 29.0 Å². The Balaban J connectivity index is 0.00000240. The Bertz CT molecular complexity index is 936. The van der Waals surface area contributed by atoms with Crippen molar-refractivity contribution < 1.29 is 13.2 Å². The number of fused-ring (bicyclic) bond motifs is 1. The fourth-order valence-electron chi connectivity index (χ4n) is 3.70. The summed E-state index contributed by atoms with van der Waals surface area (Å²) in [7, 11) is 0. The summed E-state index contributed by atoms with van der Waals surface area (Å²) in [6.07, 6.45) is 1.40. The van der Waals surface area contributed by atoms with Gasteiger partial charge >= 0.3 is 6.18 Å². The zero-order chi connectivity index (χ0) is 19.6. The van der Waals surface area contributed by atoms with Crippen LogP contribution in [0, 0.1) is 0 Å². The molecule has 0 bridgehead atoms. The van der Waals surface area contributed by atoms with Crippen molar-refractivity contribution in [2.45, 2.75) is 31.6 Å². The van der Waals surface area contributed by atoms with Crippen molar-refractivity contribution in [1.29, 1.82) is 0 Å². The molecule has 0 saturated carbocycles. The van der Waals surface area contributed by atoms with Gasteiger partial charge < -0.3 is 5.32 Å². The molecule has 0 atom stereocenters. The van der Waals surface area contributed by atoms with E-state index in [0.29, 0.717) is 12.6 Å². The van der Waals surface area contributed by atoms with Crippen LogP contribution in [0.5, 0.6) is 0 Å². The first-order valence-corrected chi connectivity index (χ1v) is 9.46. The van der Waals surface area contributed by atoms with Gasteiger partial charge in [0.25, 0.3) is 0 Å². The number of alkyl halides is 3. The van der Waals surface area contributed by atoms with Crippen molar-refractivity contribution in [3.8, 4) is 0 Å². The Kier molecular flexibility index (Phi) is 6.65. The molecular formula is C22H23ClF3N3. The zero-order valence-corrected chi connectivity index (χ0v) is 16.6. The largest absolute Gasteiger partial charge is 0.416 e. The topological polar surface area (TPSA) is 28.2 Å². The minimum absolute atomic E-state index is 0. The maximum atomic E-state index is 12.7. The Morgan fingerprint density at radius 2 is 1.69 bits per heavy atom. The van der Waals surface area contributed by atoms with E-state index in [1.807, 2.05) is 12.3 Å². The van der Waals surface area contributed by atoms with Crippen LogP contribution in [0.15, 0.2) is 60.9 Å². The molecule has 7 heteroatoms. The molecule has 3 nitrogen and oxygen atoms in total. The summed E-state index contributed by atoms with van der Waals surface area (Å²) in [5.74, 6) is 0. The van der Waals surface area contributed by atoms with Gasteiger partial charge in [-0.25, -0.2) is 0 Å². The van der Waals surface area contributed by atoms with Gasteiger partial charge in [0.1, 0.15) is 0 Å². The molecule has 1 aliphatic rings. The molecule has 154 valence electrons. The number of aromatic nitrogens is 1. The third-order valence-corrected chi connectivity index (χ3v) is 5.29. The van der Waals surface area contributed by atoms with Crippen LogP contribution >= 0.6 is 12.4 Å². The van der Waals surface area contributed by atoms with Crippen LogP contribution in [-0.2, 0) is 12.7 Å². The summed E-state index contributed by atoms with van der Waals surface area (Å²) >= 11 is 0. The monoisotopic (exact) mass is 421 g/mol. The second kappa shape index (κ2) is 9.01. The highest BCUT2D eigenvalue weighted by Gasteiger charge is 2.30. The number of nitrogens with zero attached hydrogens (tertiary/aromatic N) is 2. The molecule has 1 aliphatic heterocycles. The molecule has 0 amide bonds. The molecule has 1 saturated heterocycles. The Morgan fingerprint density at radius 1 is 0.966 bits per heavy atom. The number of pyridine rings is 1. The second-order valence-electron chi connectivity index (χ2n) is 7.33. The van der Waals surface area contributed by atoms with Crippen molar-refractivity contribution in [2.24, 2.45) is 0 Å². The smallest absolute Gasteiger partial charge is 0.382 e. The van der Waals surface area contributed by atoms with Crippen LogP contribution in [0.3, 0.4) is 0 Å². The summed E-state index contributed by atoms with van der Waals surface area (Å²) in [4.78, 5) is 6.43. The summed E-state index contributed by atoms with van der Waals surface area (Å²) in [5, 5.41) is 5.90. The first-order valence-electron chi connectivity index (χ1n) is 9.46. The number of rotatable bonds is 4. The zero-order valence-electron chi connectivity index (χ0n) is 15.8. The van der Waals surface area contributed by atoms with E-state index in [0.717, 1.165) is 42.6 Å². The maximum absolute atomic E-state index is 12.7. The number of benzene rings is 2. The van der Waals surface area contributed by atoms with Crippen molar-refractivity contribution in [1.82, 2.24) is 9.88 Å².